The monoisotopic (exact) mass is 409 g/mol. The smallest absolute Gasteiger partial charge is 0.333 e. The van der Waals surface area contributed by atoms with Crippen molar-refractivity contribution in [2.75, 3.05) is 5.32 Å². The Hall–Kier alpha value is -2.48. The molecule has 8 heteroatoms. The van der Waals surface area contributed by atoms with Crippen LogP contribution in [-0.4, -0.2) is 34.3 Å². The van der Waals surface area contributed by atoms with Crippen LogP contribution in [0, 0.1) is 5.82 Å². The van der Waals surface area contributed by atoms with Crippen molar-refractivity contribution in [2.45, 2.75) is 38.6 Å². The van der Waals surface area contributed by atoms with E-state index in [2.05, 4.69) is 5.32 Å². The Labute approximate surface area is 166 Å². The molecule has 2 unspecified atom stereocenters. The van der Waals surface area contributed by atoms with E-state index < -0.39 is 29.9 Å². The molecule has 0 aliphatic heterocycles. The summed E-state index contributed by atoms with van der Waals surface area (Å²) in [5.41, 5.74) is 0.508. The first kappa shape index (κ1) is 21.8. The average molecular weight is 410 g/mol. The lowest BCUT2D eigenvalue weighted by molar-refractivity contribution is -0.153. The predicted molar refractivity (Wildman–Crippen MR) is 103 cm³/mol. The van der Waals surface area contributed by atoms with Gasteiger partial charge in [-0.3, -0.25) is 4.79 Å². The average Bonchev–Trinajstić information content (AvgIpc) is 2.61. The van der Waals surface area contributed by atoms with Crippen LogP contribution in [0.2, 0.25) is 5.02 Å². The molecule has 0 spiro atoms. The molecule has 0 heterocycles. The Bertz CT molecular complexity index is 858. The van der Waals surface area contributed by atoms with E-state index in [0.717, 1.165) is 6.07 Å². The van der Waals surface area contributed by atoms with Gasteiger partial charge in [0.15, 0.2) is 12.2 Å². The van der Waals surface area contributed by atoms with Crippen molar-refractivity contribution >= 4 is 29.2 Å². The lowest BCUT2D eigenvalue weighted by atomic mass is 10.0. The van der Waals surface area contributed by atoms with Gasteiger partial charge in [-0.15, -0.1) is 0 Å². The molecule has 6 nitrogen and oxygen atoms in total. The Kier molecular flexibility index (Phi) is 7.51. The summed E-state index contributed by atoms with van der Waals surface area (Å²) in [4.78, 5) is 23.6. The predicted octanol–water partition coefficient (Wildman–Crippen LogP) is 3.57. The molecule has 2 aromatic rings. The van der Waals surface area contributed by atoms with Crippen molar-refractivity contribution in [1.29, 1.82) is 0 Å². The highest BCUT2D eigenvalue weighted by atomic mass is 35.5. The minimum atomic E-state index is -1.78. The van der Waals surface area contributed by atoms with Crippen LogP contribution in [0.4, 0.5) is 10.1 Å². The number of ether oxygens (including phenoxy) is 1. The van der Waals surface area contributed by atoms with Crippen LogP contribution < -0.4 is 5.32 Å². The first-order valence-corrected chi connectivity index (χ1v) is 8.96. The molecule has 0 aliphatic carbocycles. The highest BCUT2D eigenvalue weighted by molar-refractivity contribution is 6.30. The van der Waals surface area contributed by atoms with E-state index in [9.17, 15) is 24.2 Å². The molecular formula is C20H21ClFNO5. The van der Waals surface area contributed by atoms with Gasteiger partial charge in [-0.2, -0.15) is 0 Å². The summed E-state index contributed by atoms with van der Waals surface area (Å²) in [5, 5.41) is 22.4. The normalized spacial score (nSPS) is 13.2. The highest BCUT2D eigenvalue weighted by Gasteiger charge is 2.24. The number of amides is 1. The second-order valence-corrected chi connectivity index (χ2v) is 6.91. The summed E-state index contributed by atoms with van der Waals surface area (Å²) in [6.07, 6.45) is -3.26. The molecule has 0 aromatic heterocycles. The summed E-state index contributed by atoms with van der Waals surface area (Å²) in [7, 11) is 0. The quantitative estimate of drug-likeness (QED) is 0.619. The zero-order chi connectivity index (χ0) is 20.8. The number of aliphatic hydroxyl groups is 1. The second-order valence-electron chi connectivity index (χ2n) is 6.47. The number of carbonyl (C=O) groups excluding carboxylic acids is 1. The summed E-state index contributed by atoms with van der Waals surface area (Å²) in [6, 6.07) is 10.0. The summed E-state index contributed by atoms with van der Waals surface area (Å²) in [5.74, 6) is -2.78. The van der Waals surface area contributed by atoms with Gasteiger partial charge < -0.3 is 20.3 Å². The number of rotatable bonds is 8. The number of carbonyl (C=O) groups is 2. The maximum atomic E-state index is 14.2. The summed E-state index contributed by atoms with van der Waals surface area (Å²) < 4.78 is 19.5. The summed E-state index contributed by atoms with van der Waals surface area (Å²) in [6.45, 7) is 3.41. The van der Waals surface area contributed by atoms with Crippen LogP contribution in [0.1, 0.15) is 31.1 Å². The van der Waals surface area contributed by atoms with Crippen LogP contribution in [0.5, 0.6) is 0 Å². The number of benzene rings is 2. The molecule has 0 saturated heterocycles. The standard InChI is InChI=1S/C20H21ClFNO5/c1-11(2)28-17(20(26)27)9-12-6-7-16(22)15(8-12)18(24)19(25)23-14-5-3-4-13(21)10-14/h3-8,10-11,17-18,24H,9H2,1-2H3,(H,23,25)(H,26,27). The number of anilines is 1. The van der Waals surface area contributed by atoms with Crippen LogP contribution >= 0.6 is 11.6 Å². The number of nitrogens with one attached hydrogen (secondary N) is 1. The van der Waals surface area contributed by atoms with Gasteiger partial charge in [0.1, 0.15) is 5.82 Å². The Morgan fingerprint density at radius 1 is 1.21 bits per heavy atom. The van der Waals surface area contributed by atoms with Crippen LogP contribution in [0.3, 0.4) is 0 Å². The molecule has 2 aromatic carbocycles. The summed E-state index contributed by atoms with van der Waals surface area (Å²) >= 11 is 5.85. The maximum Gasteiger partial charge on any atom is 0.333 e. The van der Waals surface area contributed by atoms with Crippen molar-refractivity contribution < 1.29 is 28.9 Å². The fourth-order valence-electron chi connectivity index (χ4n) is 2.58. The van der Waals surface area contributed by atoms with Crippen LogP contribution in [-0.2, 0) is 20.7 Å². The van der Waals surface area contributed by atoms with Gasteiger partial charge in [0, 0.05) is 22.7 Å². The molecule has 28 heavy (non-hydrogen) atoms. The van der Waals surface area contributed by atoms with Crippen molar-refractivity contribution in [3.8, 4) is 0 Å². The number of halogens is 2. The van der Waals surface area contributed by atoms with Crippen LogP contribution in [0.25, 0.3) is 0 Å². The highest BCUT2D eigenvalue weighted by Crippen LogP contribution is 2.23. The molecule has 2 rings (SSSR count). The van der Waals surface area contributed by atoms with E-state index in [1.54, 1.807) is 32.0 Å². The molecule has 0 saturated carbocycles. The number of hydrogen-bond donors (Lipinski definition) is 3. The second kappa shape index (κ2) is 9.64. The van der Waals surface area contributed by atoms with Gasteiger partial charge in [0.05, 0.1) is 6.10 Å². The third-order valence-electron chi connectivity index (χ3n) is 3.83. The minimum Gasteiger partial charge on any atom is -0.479 e. The fraction of sp³-hybridized carbons (Fsp3) is 0.300. The third kappa shape index (κ3) is 6.02. The zero-order valence-corrected chi connectivity index (χ0v) is 16.1. The van der Waals surface area contributed by atoms with E-state index in [1.807, 2.05) is 0 Å². The van der Waals surface area contributed by atoms with E-state index >= 15 is 0 Å². The fourth-order valence-corrected chi connectivity index (χ4v) is 2.77. The first-order valence-electron chi connectivity index (χ1n) is 8.58. The van der Waals surface area contributed by atoms with Gasteiger partial charge in [0.2, 0.25) is 0 Å². The number of carboxylic acid groups (broad SMARTS) is 1. The lowest BCUT2D eigenvalue weighted by Gasteiger charge is -2.18. The van der Waals surface area contributed by atoms with Crippen molar-refractivity contribution in [3.05, 3.63) is 64.4 Å². The SMILES string of the molecule is CC(C)OC(Cc1ccc(F)c(C(O)C(=O)Nc2cccc(Cl)c2)c1)C(=O)O. The molecule has 1 amide bonds. The molecule has 0 aliphatic rings. The first-order chi connectivity index (χ1) is 13.2. The zero-order valence-electron chi connectivity index (χ0n) is 15.4. The van der Waals surface area contributed by atoms with Crippen molar-refractivity contribution in [2.24, 2.45) is 0 Å². The molecule has 3 N–H and O–H groups in total. The minimum absolute atomic E-state index is 0.0383. The van der Waals surface area contributed by atoms with E-state index in [-0.39, 0.29) is 18.1 Å². The van der Waals surface area contributed by atoms with Crippen molar-refractivity contribution in [1.82, 2.24) is 0 Å². The van der Waals surface area contributed by atoms with Gasteiger partial charge >= 0.3 is 5.97 Å². The van der Waals surface area contributed by atoms with E-state index in [4.69, 9.17) is 16.3 Å². The van der Waals surface area contributed by atoms with Gasteiger partial charge in [-0.1, -0.05) is 23.7 Å². The third-order valence-corrected chi connectivity index (χ3v) is 4.06. The Morgan fingerprint density at radius 2 is 1.93 bits per heavy atom. The molecule has 0 radical (unpaired) electrons. The topological polar surface area (TPSA) is 95.9 Å². The number of aliphatic carboxylic acids is 1. The van der Waals surface area contributed by atoms with E-state index in [1.165, 1.54) is 18.2 Å². The molecular weight excluding hydrogens is 389 g/mol. The number of carboxylic acids is 1. The Morgan fingerprint density at radius 3 is 2.54 bits per heavy atom. The van der Waals surface area contributed by atoms with Gasteiger partial charge in [-0.25, -0.2) is 9.18 Å². The molecule has 150 valence electrons. The number of aliphatic hydroxyl groups excluding tert-OH is 1. The van der Waals surface area contributed by atoms with Gasteiger partial charge in [-0.05, 0) is 49.7 Å². The molecule has 2 atom stereocenters. The largest absolute Gasteiger partial charge is 0.479 e. The Balaban J connectivity index is 2.19. The maximum absolute atomic E-state index is 14.2. The van der Waals surface area contributed by atoms with Crippen LogP contribution in [0.15, 0.2) is 42.5 Å². The lowest BCUT2D eigenvalue weighted by Crippen LogP contribution is -2.29. The number of hydrogen-bond acceptors (Lipinski definition) is 4. The van der Waals surface area contributed by atoms with Gasteiger partial charge in [0.25, 0.3) is 5.91 Å². The van der Waals surface area contributed by atoms with E-state index in [0.29, 0.717) is 16.3 Å². The molecule has 0 bridgehead atoms. The molecule has 0 fully saturated rings. The van der Waals surface area contributed by atoms with Crippen molar-refractivity contribution in [3.63, 3.8) is 0 Å².